The lowest BCUT2D eigenvalue weighted by atomic mass is 10.2. The molecule has 0 aromatic heterocycles. The van der Waals surface area contributed by atoms with Gasteiger partial charge in [0.15, 0.2) is 6.10 Å². The van der Waals surface area contributed by atoms with Crippen molar-refractivity contribution in [3.63, 3.8) is 0 Å². The number of carbonyl (C=O) groups is 2. The van der Waals surface area contributed by atoms with E-state index in [0.29, 0.717) is 34.6 Å². The normalized spacial score (nSPS) is 11.8. The Labute approximate surface area is 136 Å². The summed E-state index contributed by atoms with van der Waals surface area (Å²) in [6, 6.07) is 5.05. The molecule has 0 fully saturated rings. The standard InChI is InChI=1S/C14H17BrClNO4/c1-9(14(20)17-7-3-2-4-13(18)19)21-12-6-5-10(16)8-11(12)15/h5-6,8-9H,2-4,7H2,1H3,(H,17,20)(H,18,19). The number of nitrogens with one attached hydrogen (secondary N) is 1. The van der Waals surface area contributed by atoms with Gasteiger partial charge in [-0.1, -0.05) is 11.6 Å². The van der Waals surface area contributed by atoms with Crippen molar-refractivity contribution in [2.45, 2.75) is 32.3 Å². The van der Waals surface area contributed by atoms with Crippen molar-refractivity contribution < 1.29 is 19.4 Å². The molecular formula is C14H17BrClNO4. The fourth-order valence-electron chi connectivity index (χ4n) is 1.57. The molecule has 1 amide bonds. The zero-order valence-electron chi connectivity index (χ0n) is 11.6. The topological polar surface area (TPSA) is 75.6 Å². The molecule has 0 spiro atoms. The molecule has 0 bridgehead atoms. The molecule has 2 N–H and O–H groups in total. The number of ether oxygens (including phenoxy) is 1. The Morgan fingerprint density at radius 1 is 1.43 bits per heavy atom. The molecule has 116 valence electrons. The van der Waals surface area contributed by atoms with Gasteiger partial charge >= 0.3 is 5.97 Å². The number of benzene rings is 1. The lowest BCUT2D eigenvalue weighted by Crippen LogP contribution is -2.36. The Morgan fingerprint density at radius 2 is 2.14 bits per heavy atom. The van der Waals surface area contributed by atoms with E-state index in [-0.39, 0.29) is 12.3 Å². The van der Waals surface area contributed by atoms with Crippen molar-refractivity contribution in [1.82, 2.24) is 5.32 Å². The van der Waals surface area contributed by atoms with Crippen LogP contribution in [0.1, 0.15) is 26.2 Å². The summed E-state index contributed by atoms with van der Waals surface area (Å²) in [5.74, 6) is -0.536. The molecule has 0 aliphatic heterocycles. The molecule has 0 radical (unpaired) electrons. The van der Waals surface area contributed by atoms with Crippen LogP contribution < -0.4 is 10.1 Å². The fourth-order valence-corrected chi connectivity index (χ4v) is 2.35. The van der Waals surface area contributed by atoms with Gasteiger partial charge in [0, 0.05) is 18.0 Å². The molecule has 5 nitrogen and oxygen atoms in total. The summed E-state index contributed by atoms with van der Waals surface area (Å²) in [5, 5.41) is 11.8. The molecule has 0 aliphatic rings. The molecule has 1 aromatic carbocycles. The maximum atomic E-state index is 11.8. The molecule has 7 heteroatoms. The summed E-state index contributed by atoms with van der Waals surface area (Å²) in [7, 11) is 0. The van der Waals surface area contributed by atoms with E-state index in [4.69, 9.17) is 21.4 Å². The number of carboxylic acids is 1. The minimum absolute atomic E-state index is 0.111. The smallest absolute Gasteiger partial charge is 0.303 e. The first-order chi connectivity index (χ1) is 9.90. The average Bonchev–Trinajstić information content (AvgIpc) is 2.40. The largest absolute Gasteiger partial charge is 0.481 e. The summed E-state index contributed by atoms with van der Waals surface area (Å²) in [6.45, 7) is 2.08. The lowest BCUT2D eigenvalue weighted by Gasteiger charge is -2.15. The quantitative estimate of drug-likeness (QED) is 0.681. The van der Waals surface area contributed by atoms with Crippen LogP contribution in [0.15, 0.2) is 22.7 Å². The van der Waals surface area contributed by atoms with Crippen molar-refractivity contribution in [3.05, 3.63) is 27.7 Å². The third kappa shape index (κ3) is 6.82. The van der Waals surface area contributed by atoms with Crippen molar-refractivity contribution >= 4 is 39.4 Å². The van der Waals surface area contributed by atoms with Crippen molar-refractivity contribution in [1.29, 1.82) is 0 Å². The van der Waals surface area contributed by atoms with Gasteiger partial charge in [0.1, 0.15) is 5.75 Å². The van der Waals surface area contributed by atoms with Crippen LogP contribution in [0.5, 0.6) is 5.75 Å². The lowest BCUT2D eigenvalue weighted by molar-refractivity contribution is -0.137. The van der Waals surface area contributed by atoms with Gasteiger partial charge in [0.25, 0.3) is 5.91 Å². The van der Waals surface area contributed by atoms with Crippen LogP contribution in [0.4, 0.5) is 0 Å². The second kappa shape index (κ2) is 8.89. The summed E-state index contributed by atoms with van der Waals surface area (Å²) in [5.41, 5.74) is 0. The zero-order chi connectivity index (χ0) is 15.8. The molecule has 0 heterocycles. The molecule has 1 atom stereocenters. The van der Waals surface area contributed by atoms with Gasteiger partial charge in [-0.15, -0.1) is 0 Å². The van der Waals surface area contributed by atoms with Crippen LogP contribution in [-0.2, 0) is 9.59 Å². The van der Waals surface area contributed by atoms with E-state index in [9.17, 15) is 9.59 Å². The molecule has 0 saturated heterocycles. The molecular weight excluding hydrogens is 362 g/mol. The number of carboxylic acid groups (broad SMARTS) is 1. The minimum atomic E-state index is -0.828. The van der Waals surface area contributed by atoms with Crippen molar-refractivity contribution in [3.8, 4) is 5.75 Å². The Bertz CT molecular complexity index is 510. The van der Waals surface area contributed by atoms with E-state index in [2.05, 4.69) is 21.2 Å². The maximum absolute atomic E-state index is 11.8. The van der Waals surface area contributed by atoms with Crippen LogP contribution in [0.2, 0.25) is 5.02 Å². The highest BCUT2D eigenvalue weighted by molar-refractivity contribution is 9.10. The van der Waals surface area contributed by atoms with Gasteiger partial charge in [-0.3, -0.25) is 9.59 Å². The van der Waals surface area contributed by atoms with Crippen molar-refractivity contribution in [2.24, 2.45) is 0 Å². The number of amides is 1. The SMILES string of the molecule is CC(Oc1ccc(Cl)cc1Br)C(=O)NCCCCC(=O)O. The van der Waals surface area contributed by atoms with Gasteiger partial charge in [-0.05, 0) is 53.9 Å². The second-order valence-corrected chi connectivity index (χ2v) is 5.77. The van der Waals surface area contributed by atoms with Gasteiger partial charge < -0.3 is 15.2 Å². The van der Waals surface area contributed by atoms with Gasteiger partial charge in [-0.2, -0.15) is 0 Å². The highest BCUT2D eigenvalue weighted by Gasteiger charge is 2.15. The Morgan fingerprint density at radius 3 is 2.76 bits per heavy atom. The Kier molecular flexibility index (Phi) is 7.53. The van der Waals surface area contributed by atoms with Gasteiger partial charge in [0.2, 0.25) is 0 Å². The minimum Gasteiger partial charge on any atom is -0.481 e. The van der Waals surface area contributed by atoms with Crippen LogP contribution >= 0.6 is 27.5 Å². The van der Waals surface area contributed by atoms with Crippen LogP contribution in [0.25, 0.3) is 0 Å². The van der Waals surface area contributed by atoms with E-state index >= 15 is 0 Å². The number of unbranched alkanes of at least 4 members (excludes halogenated alkanes) is 1. The second-order valence-electron chi connectivity index (χ2n) is 4.48. The predicted octanol–water partition coefficient (Wildman–Crippen LogP) is 3.24. The third-order valence-electron chi connectivity index (χ3n) is 2.68. The van der Waals surface area contributed by atoms with Crippen LogP contribution in [0, 0.1) is 0 Å². The zero-order valence-corrected chi connectivity index (χ0v) is 13.9. The number of hydrogen-bond acceptors (Lipinski definition) is 3. The number of carbonyl (C=O) groups excluding carboxylic acids is 1. The Balaban J connectivity index is 2.35. The third-order valence-corrected chi connectivity index (χ3v) is 3.54. The van der Waals surface area contributed by atoms with E-state index in [1.807, 2.05) is 0 Å². The number of aliphatic carboxylic acids is 1. The molecule has 1 unspecified atom stereocenters. The molecule has 0 saturated carbocycles. The number of rotatable bonds is 8. The molecule has 0 aliphatic carbocycles. The van der Waals surface area contributed by atoms with E-state index in [1.165, 1.54) is 0 Å². The summed E-state index contributed by atoms with van der Waals surface area (Å²) in [4.78, 5) is 22.2. The maximum Gasteiger partial charge on any atom is 0.303 e. The molecule has 21 heavy (non-hydrogen) atoms. The summed E-state index contributed by atoms with van der Waals surface area (Å²) >= 11 is 9.14. The molecule has 1 aromatic rings. The number of hydrogen-bond donors (Lipinski definition) is 2. The predicted molar refractivity (Wildman–Crippen MR) is 83.7 cm³/mol. The van der Waals surface area contributed by atoms with Gasteiger partial charge in [0.05, 0.1) is 4.47 Å². The first-order valence-corrected chi connectivity index (χ1v) is 7.68. The Hall–Kier alpha value is -1.27. The highest BCUT2D eigenvalue weighted by Crippen LogP contribution is 2.28. The van der Waals surface area contributed by atoms with Gasteiger partial charge in [-0.25, -0.2) is 0 Å². The molecule has 1 rings (SSSR count). The summed E-state index contributed by atoms with van der Waals surface area (Å²) < 4.78 is 6.22. The first-order valence-electron chi connectivity index (χ1n) is 6.51. The van der Waals surface area contributed by atoms with E-state index in [0.717, 1.165) is 0 Å². The summed E-state index contributed by atoms with van der Waals surface area (Å²) in [6.07, 6.45) is 0.616. The van der Waals surface area contributed by atoms with E-state index < -0.39 is 12.1 Å². The average molecular weight is 379 g/mol. The fraction of sp³-hybridized carbons (Fsp3) is 0.429. The van der Waals surface area contributed by atoms with E-state index in [1.54, 1.807) is 25.1 Å². The van der Waals surface area contributed by atoms with Crippen LogP contribution in [-0.4, -0.2) is 29.6 Å². The van der Waals surface area contributed by atoms with Crippen LogP contribution in [0.3, 0.4) is 0 Å². The van der Waals surface area contributed by atoms with Crippen molar-refractivity contribution in [2.75, 3.05) is 6.54 Å². The highest BCUT2D eigenvalue weighted by atomic mass is 79.9. The first kappa shape index (κ1) is 17.8. The monoisotopic (exact) mass is 377 g/mol. The number of halogens is 2.